The molecule has 0 radical (unpaired) electrons. The maximum absolute atomic E-state index is 10.9. The first kappa shape index (κ1) is 10.7. The average Bonchev–Trinajstić information content (AvgIpc) is 1.99. The van der Waals surface area contributed by atoms with Gasteiger partial charge in [0, 0.05) is 12.6 Å². The lowest BCUT2D eigenvalue weighted by atomic mass is 9.92. The maximum Gasteiger partial charge on any atom is 0.143 e. The highest BCUT2D eigenvalue weighted by molar-refractivity contribution is 5.77. The molecule has 0 aliphatic carbocycles. The minimum absolute atomic E-state index is 0.196. The van der Waals surface area contributed by atoms with Gasteiger partial charge < -0.3 is 5.11 Å². The molecule has 1 fully saturated rings. The summed E-state index contributed by atoms with van der Waals surface area (Å²) in [7, 11) is 0. The van der Waals surface area contributed by atoms with Crippen molar-refractivity contribution in [3.05, 3.63) is 0 Å². The molecule has 1 heterocycles. The van der Waals surface area contributed by atoms with E-state index >= 15 is 0 Å². The summed E-state index contributed by atoms with van der Waals surface area (Å²) in [6, 6.07) is 0.329. The number of aliphatic hydroxyl groups excluding tert-OH is 1. The van der Waals surface area contributed by atoms with Crippen LogP contribution >= 0.6 is 0 Å². The van der Waals surface area contributed by atoms with Crippen molar-refractivity contribution >= 4 is 5.78 Å². The largest absolute Gasteiger partial charge is 0.393 e. The zero-order valence-corrected chi connectivity index (χ0v) is 8.66. The Bertz CT molecular complexity index is 193. The van der Waals surface area contributed by atoms with Crippen LogP contribution in [-0.2, 0) is 4.79 Å². The van der Waals surface area contributed by atoms with E-state index in [1.807, 2.05) is 6.92 Å². The van der Waals surface area contributed by atoms with Crippen LogP contribution in [-0.4, -0.2) is 41.0 Å². The molecule has 1 aliphatic heterocycles. The monoisotopic (exact) mass is 185 g/mol. The van der Waals surface area contributed by atoms with Crippen molar-refractivity contribution in [1.29, 1.82) is 0 Å². The minimum Gasteiger partial charge on any atom is -0.393 e. The summed E-state index contributed by atoms with van der Waals surface area (Å²) in [5.41, 5.74) is 0. The summed E-state index contributed by atoms with van der Waals surface area (Å²) >= 11 is 0. The number of piperidine rings is 1. The smallest absolute Gasteiger partial charge is 0.143 e. The highest BCUT2D eigenvalue weighted by Gasteiger charge is 2.29. The van der Waals surface area contributed by atoms with Crippen LogP contribution < -0.4 is 0 Å². The standard InChI is InChI=1S/C10H19NO2/c1-7-5-11(6-9(3)12)8(2)4-10(7)13/h7-8,10,13H,4-6H2,1-3H3/t7-,8+,10-/m0/s1. The Morgan fingerprint density at radius 1 is 1.54 bits per heavy atom. The summed E-state index contributed by atoms with van der Waals surface area (Å²) < 4.78 is 0. The first-order valence-corrected chi connectivity index (χ1v) is 4.92. The number of ketones is 1. The van der Waals surface area contributed by atoms with Gasteiger partial charge in [-0.05, 0) is 26.2 Å². The van der Waals surface area contributed by atoms with Crippen LogP contribution in [0.4, 0.5) is 0 Å². The second-order valence-electron chi connectivity index (χ2n) is 4.26. The molecule has 3 nitrogen and oxygen atoms in total. The van der Waals surface area contributed by atoms with Crippen molar-refractivity contribution in [1.82, 2.24) is 4.90 Å². The fraction of sp³-hybridized carbons (Fsp3) is 0.900. The topological polar surface area (TPSA) is 40.5 Å². The van der Waals surface area contributed by atoms with E-state index in [0.717, 1.165) is 13.0 Å². The third-order valence-corrected chi connectivity index (χ3v) is 2.81. The van der Waals surface area contributed by atoms with Gasteiger partial charge in [-0.3, -0.25) is 9.69 Å². The summed E-state index contributed by atoms with van der Waals surface area (Å²) in [6.07, 6.45) is 0.590. The molecule has 1 aliphatic rings. The Kier molecular flexibility index (Phi) is 3.45. The van der Waals surface area contributed by atoms with Crippen molar-refractivity contribution < 1.29 is 9.90 Å². The molecule has 0 amide bonds. The first-order valence-electron chi connectivity index (χ1n) is 4.92. The van der Waals surface area contributed by atoms with E-state index in [-0.39, 0.29) is 17.8 Å². The summed E-state index contributed by atoms with van der Waals surface area (Å²) in [4.78, 5) is 13.1. The van der Waals surface area contributed by atoms with E-state index in [1.165, 1.54) is 0 Å². The van der Waals surface area contributed by atoms with Gasteiger partial charge in [-0.1, -0.05) is 6.92 Å². The van der Waals surface area contributed by atoms with Gasteiger partial charge in [-0.25, -0.2) is 0 Å². The number of hydrogen-bond donors (Lipinski definition) is 1. The summed E-state index contributed by atoms with van der Waals surface area (Å²) in [5, 5.41) is 9.59. The van der Waals surface area contributed by atoms with E-state index in [4.69, 9.17) is 0 Å². The van der Waals surface area contributed by atoms with Crippen LogP contribution in [0.5, 0.6) is 0 Å². The lowest BCUT2D eigenvalue weighted by Crippen LogP contribution is -2.48. The van der Waals surface area contributed by atoms with Gasteiger partial charge in [-0.15, -0.1) is 0 Å². The number of aliphatic hydroxyl groups is 1. The van der Waals surface area contributed by atoms with Crippen LogP contribution in [0.2, 0.25) is 0 Å². The fourth-order valence-corrected chi connectivity index (χ4v) is 1.91. The molecule has 0 aromatic rings. The number of nitrogens with zero attached hydrogens (tertiary/aromatic N) is 1. The summed E-state index contributed by atoms with van der Waals surface area (Å²) in [5.74, 6) is 0.492. The van der Waals surface area contributed by atoms with E-state index in [0.29, 0.717) is 12.6 Å². The van der Waals surface area contributed by atoms with E-state index in [1.54, 1.807) is 6.92 Å². The van der Waals surface area contributed by atoms with Crippen molar-refractivity contribution in [2.24, 2.45) is 5.92 Å². The third kappa shape index (κ3) is 2.78. The molecule has 1 N–H and O–H groups in total. The summed E-state index contributed by atoms with van der Waals surface area (Å²) in [6.45, 7) is 7.07. The lowest BCUT2D eigenvalue weighted by Gasteiger charge is -2.39. The Morgan fingerprint density at radius 3 is 2.69 bits per heavy atom. The molecular weight excluding hydrogens is 166 g/mol. The second kappa shape index (κ2) is 4.20. The molecule has 3 heteroatoms. The zero-order valence-electron chi connectivity index (χ0n) is 8.66. The van der Waals surface area contributed by atoms with Gasteiger partial charge in [0.25, 0.3) is 0 Å². The van der Waals surface area contributed by atoms with Crippen molar-refractivity contribution in [3.63, 3.8) is 0 Å². The van der Waals surface area contributed by atoms with Gasteiger partial charge in [0.2, 0.25) is 0 Å². The number of likely N-dealkylation sites (tertiary alicyclic amines) is 1. The van der Waals surface area contributed by atoms with Gasteiger partial charge >= 0.3 is 0 Å². The van der Waals surface area contributed by atoms with Crippen molar-refractivity contribution in [3.8, 4) is 0 Å². The molecule has 1 saturated heterocycles. The maximum atomic E-state index is 10.9. The lowest BCUT2D eigenvalue weighted by molar-refractivity contribution is -0.120. The molecular formula is C10H19NO2. The highest BCUT2D eigenvalue weighted by Crippen LogP contribution is 2.21. The highest BCUT2D eigenvalue weighted by atomic mass is 16.3. The van der Waals surface area contributed by atoms with Crippen LogP contribution in [0, 0.1) is 5.92 Å². The molecule has 0 saturated carbocycles. The molecule has 0 aromatic heterocycles. The predicted octanol–water partition coefficient (Wildman–Crippen LogP) is 0.667. The molecule has 76 valence electrons. The molecule has 13 heavy (non-hydrogen) atoms. The Morgan fingerprint density at radius 2 is 2.15 bits per heavy atom. The van der Waals surface area contributed by atoms with Gasteiger partial charge in [0.05, 0.1) is 12.6 Å². The quantitative estimate of drug-likeness (QED) is 0.687. The SMILES string of the molecule is CC(=O)CN1C[C@H](C)[C@@H](O)C[C@H]1C. The van der Waals surface area contributed by atoms with Gasteiger partial charge in [0.1, 0.15) is 5.78 Å². The Balaban J connectivity index is 2.51. The van der Waals surface area contributed by atoms with Crippen LogP contribution in [0.1, 0.15) is 27.2 Å². The molecule has 1 rings (SSSR count). The molecule has 0 unspecified atom stereocenters. The molecule has 0 spiro atoms. The second-order valence-corrected chi connectivity index (χ2v) is 4.26. The number of carbonyl (C=O) groups excluding carboxylic acids is 1. The van der Waals surface area contributed by atoms with Crippen LogP contribution in [0.25, 0.3) is 0 Å². The van der Waals surface area contributed by atoms with Crippen LogP contribution in [0.15, 0.2) is 0 Å². The van der Waals surface area contributed by atoms with Gasteiger partial charge in [0.15, 0.2) is 0 Å². The van der Waals surface area contributed by atoms with Gasteiger partial charge in [-0.2, -0.15) is 0 Å². The first-order chi connectivity index (χ1) is 6.00. The number of Topliss-reactive ketones (excluding diaryl/α,β-unsaturated/α-hetero) is 1. The molecule has 3 atom stereocenters. The van der Waals surface area contributed by atoms with E-state index in [9.17, 15) is 9.90 Å². The van der Waals surface area contributed by atoms with E-state index in [2.05, 4.69) is 11.8 Å². The fourth-order valence-electron chi connectivity index (χ4n) is 1.91. The van der Waals surface area contributed by atoms with Crippen molar-refractivity contribution in [2.45, 2.75) is 39.3 Å². The predicted molar refractivity (Wildman–Crippen MR) is 51.5 cm³/mol. The molecule has 0 bridgehead atoms. The average molecular weight is 185 g/mol. The third-order valence-electron chi connectivity index (χ3n) is 2.81. The van der Waals surface area contributed by atoms with Crippen LogP contribution in [0.3, 0.4) is 0 Å². The number of rotatable bonds is 2. The Hall–Kier alpha value is -0.410. The number of hydrogen-bond acceptors (Lipinski definition) is 3. The Labute approximate surface area is 79.7 Å². The van der Waals surface area contributed by atoms with E-state index < -0.39 is 0 Å². The normalized spacial score (nSPS) is 36.2. The zero-order chi connectivity index (χ0) is 10.0. The van der Waals surface area contributed by atoms with Crippen molar-refractivity contribution in [2.75, 3.05) is 13.1 Å². The number of carbonyl (C=O) groups is 1. The minimum atomic E-state index is -0.196. The molecule has 0 aromatic carbocycles.